The van der Waals surface area contributed by atoms with E-state index < -0.39 is 0 Å². The Labute approximate surface area is 180 Å². The highest BCUT2D eigenvalue weighted by Gasteiger charge is 2.47. The summed E-state index contributed by atoms with van der Waals surface area (Å²) in [6, 6.07) is 2.10. The Morgan fingerprint density at radius 3 is 2.90 bits per heavy atom. The van der Waals surface area contributed by atoms with Crippen LogP contribution in [-0.2, 0) is 4.74 Å². The van der Waals surface area contributed by atoms with Gasteiger partial charge in [0, 0.05) is 43.8 Å². The van der Waals surface area contributed by atoms with Crippen molar-refractivity contribution in [2.75, 3.05) is 47.9 Å². The number of ether oxygens (including phenoxy) is 1. The van der Waals surface area contributed by atoms with Crippen LogP contribution in [0.2, 0.25) is 0 Å². The molecular formula is C21H27N9O. The highest BCUT2D eigenvalue weighted by Crippen LogP contribution is 2.42. The van der Waals surface area contributed by atoms with E-state index in [2.05, 4.69) is 37.2 Å². The Bertz CT molecular complexity index is 1110. The van der Waals surface area contributed by atoms with Crippen LogP contribution in [-0.4, -0.2) is 70.1 Å². The first-order chi connectivity index (χ1) is 15.1. The van der Waals surface area contributed by atoms with Gasteiger partial charge in [0.2, 0.25) is 0 Å². The van der Waals surface area contributed by atoms with Crippen molar-refractivity contribution in [3.63, 3.8) is 0 Å². The summed E-state index contributed by atoms with van der Waals surface area (Å²) in [6.45, 7) is 6.27. The summed E-state index contributed by atoms with van der Waals surface area (Å²) >= 11 is 0. The van der Waals surface area contributed by atoms with Gasteiger partial charge in [-0.05, 0) is 25.8 Å². The van der Waals surface area contributed by atoms with Crippen molar-refractivity contribution in [1.82, 2.24) is 25.1 Å². The zero-order valence-corrected chi connectivity index (χ0v) is 17.6. The standard InChI is InChI=1S/C21H27N9O/c1-13-18(22)21(12-31-13)3-7-29(8-4-21)16-11-25-17-19(26-16)27-28-20(17)30-9-6-24-14-10-23-5-2-15(14)30/h2,5,10-11,13,18,24H,3-4,6-9,12,22H2,1H3,(H,26,27,28)/t13-,18+/m0/s1. The summed E-state index contributed by atoms with van der Waals surface area (Å²) in [6.07, 6.45) is 7.66. The monoisotopic (exact) mass is 421 g/mol. The molecule has 0 saturated carbocycles. The number of nitrogens with one attached hydrogen (secondary N) is 2. The van der Waals surface area contributed by atoms with Gasteiger partial charge in [-0.2, -0.15) is 5.10 Å². The molecule has 10 heteroatoms. The Morgan fingerprint density at radius 1 is 1.23 bits per heavy atom. The first kappa shape index (κ1) is 18.8. The lowest BCUT2D eigenvalue weighted by Crippen LogP contribution is -2.50. The number of fused-ring (bicyclic) bond motifs is 2. The number of aromatic nitrogens is 5. The van der Waals surface area contributed by atoms with E-state index in [1.807, 2.05) is 18.5 Å². The zero-order chi connectivity index (χ0) is 21.0. The lowest BCUT2D eigenvalue weighted by molar-refractivity contribution is 0.0974. The molecule has 0 bridgehead atoms. The summed E-state index contributed by atoms with van der Waals surface area (Å²) in [5.41, 5.74) is 10.1. The number of nitrogens with zero attached hydrogens (tertiary/aromatic N) is 6. The fraction of sp³-hybridized carbons (Fsp3) is 0.524. The van der Waals surface area contributed by atoms with Crippen LogP contribution >= 0.6 is 0 Å². The molecule has 0 unspecified atom stereocenters. The molecule has 1 spiro atoms. The molecule has 6 rings (SSSR count). The van der Waals surface area contributed by atoms with Crippen LogP contribution in [0.15, 0.2) is 24.7 Å². The normalized spacial score (nSPS) is 25.1. The van der Waals surface area contributed by atoms with Crippen molar-refractivity contribution in [3.05, 3.63) is 24.7 Å². The largest absolute Gasteiger partial charge is 0.380 e. The van der Waals surface area contributed by atoms with Crippen LogP contribution in [0.4, 0.5) is 23.0 Å². The second-order valence-corrected chi connectivity index (χ2v) is 8.84. The van der Waals surface area contributed by atoms with Crippen LogP contribution in [0.25, 0.3) is 11.2 Å². The van der Waals surface area contributed by atoms with Crippen LogP contribution in [0.3, 0.4) is 0 Å². The Balaban J connectivity index is 1.25. The highest BCUT2D eigenvalue weighted by molar-refractivity contribution is 5.89. The fourth-order valence-electron chi connectivity index (χ4n) is 5.18. The van der Waals surface area contributed by atoms with Gasteiger partial charge >= 0.3 is 0 Å². The SMILES string of the molecule is C[C@@H]1OCC2(CCN(c3cnc4c(N5CCNc6cnccc65)n[nH]c4n3)CC2)[C@@H]1N. The molecule has 31 heavy (non-hydrogen) atoms. The van der Waals surface area contributed by atoms with E-state index >= 15 is 0 Å². The molecule has 0 amide bonds. The highest BCUT2D eigenvalue weighted by atomic mass is 16.5. The molecule has 3 aromatic heterocycles. The molecule has 0 aromatic carbocycles. The molecule has 3 aliphatic heterocycles. The number of piperidine rings is 1. The minimum Gasteiger partial charge on any atom is -0.380 e. The van der Waals surface area contributed by atoms with Crippen molar-refractivity contribution < 1.29 is 4.74 Å². The maximum Gasteiger partial charge on any atom is 0.183 e. The van der Waals surface area contributed by atoms with Crippen molar-refractivity contribution in [3.8, 4) is 0 Å². The van der Waals surface area contributed by atoms with Gasteiger partial charge in [-0.25, -0.2) is 9.97 Å². The Hall–Kier alpha value is -2.98. The quantitative estimate of drug-likeness (QED) is 0.567. The van der Waals surface area contributed by atoms with Crippen LogP contribution in [0.5, 0.6) is 0 Å². The number of aromatic amines is 1. The predicted molar refractivity (Wildman–Crippen MR) is 119 cm³/mol. The number of anilines is 4. The molecule has 2 atom stereocenters. The summed E-state index contributed by atoms with van der Waals surface area (Å²) in [5.74, 6) is 1.67. The van der Waals surface area contributed by atoms with E-state index in [9.17, 15) is 0 Å². The third kappa shape index (κ3) is 2.93. The van der Waals surface area contributed by atoms with Crippen LogP contribution in [0.1, 0.15) is 19.8 Å². The van der Waals surface area contributed by atoms with Gasteiger partial charge in [-0.3, -0.25) is 10.1 Å². The van der Waals surface area contributed by atoms with Gasteiger partial charge in [0.1, 0.15) is 5.82 Å². The molecule has 6 heterocycles. The third-order valence-corrected chi connectivity index (χ3v) is 7.16. The van der Waals surface area contributed by atoms with E-state index in [1.165, 1.54) is 0 Å². The predicted octanol–water partition coefficient (Wildman–Crippen LogP) is 1.64. The Kier molecular flexibility index (Phi) is 4.25. The van der Waals surface area contributed by atoms with E-state index in [1.54, 1.807) is 6.20 Å². The maximum atomic E-state index is 6.46. The number of H-pyrrole nitrogens is 1. The Morgan fingerprint density at radius 2 is 2.10 bits per heavy atom. The molecule has 2 fully saturated rings. The molecule has 0 radical (unpaired) electrons. The smallest absolute Gasteiger partial charge is 0.183 e. The van der Waals surface area contributed by atoms with Crippen molar-refractivity contribution in [2.24, 2.45) is 11.1 Å². The molecular weight excluding hydrogens is 394 g/mol. The number of nitrogens with two attached hydrogens (primary N) is 1. The van der Waals surface area contributed by atoms with Gasteiger partial charge in [0.05, 0.1) is 36.5 Å². The van der Waals surface area contributed by atoms with Crippen molar-refractivity contribution >= 4 is 34.2 Å². The molecule has 10 nitrogen and oxygen atoms in total. The van der Waals surface area contributed by atoms with Crippen LogP contribution in [0, 0.1) is 5.41 Å². The minimum absolute atomic E-state index is 0.0964. The molecule has 4 N–H and O–H groups in total. The molecule has 3 aliphatic rings. The van der Waals surface area contributed by atoms with E-state index in [4.69, 9.17) is 20.4 Å². The summed E-state index contributed by atoms with van der Waals surface area (Å²) < 4.78 is 5.84. The van der Waals surface area contributed by atoms with Gasteiger partial charge < -0.3 is 25.6 Å². The van der Waals surface area contributed by atoms with Crippen molar-refractivity contribution in [1.29, 1.82) is 0 Å². The van der Waals surface area contributed by atoms with Gasteiger partial charge in [-0.1, -0.05) is 0 Å². The second kappa shape index (κ2) is 7.03. The summed E-state index contributed by atoms with van der Waals surface area (Å²) in [7, 11) is 0. The van der Waals surface area contributed by atoms with Gasteiger partial charge in [0.15, 0.2) is 17.0 Å². The number of hydrogen-bond acceptors (Lipinski definition) is 9. The topological polar surface area (TPSA) is 121 Å². The van der Waals surface area contributed by atoms with Gasteiger partial charge in [-0.15, -0.1) is 0 Å². The first-order valence-corrected chi connectivity index (χ1v) is 10.9. The summed E-state index contributed by atoms with van der Waals surface area (Å²) in [4.78, 5) is 18.3. The number of rotatable bonds is 2. The lowest BCUT2D eigenvalue weighted by Gasteiger charge is -2.41. The second-order valence-electron chi connectivity index (χ2n) is 8.84. The van der Waals surface area contributed by atoms with E-state index in [-0.39, 0.29) is 17.6 Å². The van der Waals surface area contributed by atoms with E-state index in [0.717, 1.165) is 74.2 Å². The first-order valence-electron chi connectivity index (χ1n) is 10.9. The van der Waals surface area contributed by atoms with Gasteiger partial charge in [0.25, 0.3) is 0 Å². The summed E-state index contributed by atoms with van der Waals surface area (Å²) in [5, 5.41) is 11.0. The zero-order valence-electron chi connectivity index (χ0n) is 17.6. The lowest BCUT2D eigenvalue weighted by atomic mass is 9.73. The average molecular weight is 422 g/mol. The molecule has 2 saturated heterocycles. The van der Waals surface area contributed by atoms with Crippen molar-refractivity contribution in [2.45, 2.75) is 31.9 Å². The molecule has 3 aromatic rings. The third-order valence-electron chi connectivity index (χ3n) is 7.16. The average Bonchev–Trinajstić information content (AvgIpc) is 3.36. The maximum absolute atomic E-state index is 6.46. The fourth-order valence-corrected chi connectivity index (χ4v) is 5.18. The molecule has 0 aliphatic carbocycles. The van der Waals surface area contributed by atoms with Crippen LogP contribution < -0.4 is 20.9 Å². The number of pyridine rings is 1. The van der Waals surface area contributed by atoms with E-state index in [0.29, 0.717) is 5.65 Å². The molecule has 162 valence electrons. The minimum atomic E-state index is 0.0964. The number of hydrogen-bond donors (Lipinski definition) is 3.